The number of carbonyl (C=O) groups is 1. The number of aromatic hydroxyl groups is 1. The summed E-state index contributed by atoms with van der Waals surface area (Å²) in [5.74, 6) is 0.204. The van der Waals surface area contributed by atoms with Crippen molar-refractivity contribution in [2.24, 2.45) is 0 Å². The molecule has 0 saturated carbocycles. The quantitative estimate of drug-likeness (QED) is 0.520. The van der Waals surface area contributed by atoms with Crippen molar-refractivity contribution in [1.29, 1.82) is 0 Å². The van der Waals surface area contributed by atoms with Gasteiger partial charge in [0.1, 0.15) is 23.0 Å². The van der Waals surface area contributed by atoms with Gasteiger partial charge in [0, 0.05) is 30.4 Å². The third-order valence-corrected chi connectivity index (χ3v) is 5.73. The Bertz CT molecular complexity index is 1210. The first-order chi connectivity index (χ1) is 16.0. The zero-order valence-corrected chi connectivity index (χ0v) is 18.6. The summed E-state index contributed by atoms with van der Waals surface area (Å²) in [5, 5.41) is 10.5. The number of aryl methyl sites for hydroxylation is 1. The molecule has 1 atom stereocenters. The lowest BCUT2D eigenvalue weighted by Gasteiger charge is -2.20. The summed E-state index contributed by atoms with van der Waals surface area (Å²) >= 11 is 0. The Morgan fingerprint density at radius 1 is 1.18 bits per heavy atom. The molecule has 0 bridgehead atoms. The molecule has 0 fully saturated rings. The molecule has 2 heterocycles. The average Bonchev–Trinajstić information content (AvgIpc) is 3.26. The van der Waals surface area contributed by atoms with Gasteiger partial charge in [-0.1, -0.05) is 30.3 Å². The number of esters is 1. The molecule has 1 aromatic heterocycles. The van der Waals surface area contributed by atoms with E-state index >= 15 is 0 Å². The van der Waals surface area contributed by atoms with Gasteiger partial charge in [-0.3, -0.25) is 4.79 Å². The Balaban J connectivity index is 1.60. The van der Waals surface area contributed by atoms with Crippen molar-refractivity contribution in [2.45, 2.75) is 32.1 Å². The molecular formula is C26H26O7. The highest BCUT2D eigenvalue weighted by Crippen LogP contribution is 2.37. The smallest absolute Gasteiger partial charge is 0.343 e. The molecule has 0 spiro atoms. The first-order valence-electron chi connectivity index (χ1n) is 10.8. The molecule has 0 aliphatic carbocycles. The Labute approximate surface area is 191 Å². The summed E-state index contributed by atoms with van der Waals surface area (Å²) in [6.45, 7) is 2.68. The number of hydrogen-bond acceptors (Lipinski definition) is 7. The van der Waals surface area contributed by atoms with Gasteiger partial charge in [-0.25, -0.2) is 4.79 Å². The molecule has 4 rings (SSSR count). The van der Waals surface area contributed by atoms with Crippen LogP contribution in [0.25, 0.3) is 0 Å². The van der Waals surface area contributed by atoms with E-state index in [1.807, 2.05) is 18.2 Å². The molecule has 0 radical (unpaired) electrons. The van der Waals surface area contributed by atoms with Crippen LogP contribution in [0.2, 0.25) is 0 Å². The van der Waals surface area contributed by atoms with Crippen molar-refractivity contribution >= 4 is 5.97 Å². The Kier molecular flexibility index (Phi) is 6.68. The predicted octanol–water partition coefficient (Wildman–Crippen LogP) is 3.91. The lowest BCUT2D eigenvalue weighted by molar-refractivity contribution is -0.140. The molecule has 1 aliphatic heterocycles. The van der Waals surface area contributed by atoms with Gasteiger partial charge in [0.2, 0.25) is 0 Å². The van der Waals surface area contributed by atoms with Crippen molar-refractivity contribution < 1.29 is 28.5 Å². The molecule has 1 N–H and O–H groups in total. The highest BCUT2D eigenvalue weighted by atomic mass is 16.5. The standard InChI is InChI=1S/C26H26O7/c1-16-13-21(27)25(26(29)33-16)20(15-24(28)30-2)19-5-3-4-6-23(19)32-11-9-17-7-8-22-18(14-17)10-12-31-22/h3-8,13-14,20,27H,9-12,15H2,1-2H3/t20-/m0/s1. The summed E-state index contributed by atoms with van der Waals surface area (Å²) in [7, 11) is 1.28. The van der Waals surface area contributed by atoms with E-state index in [0.29, 0.717) is 30.9 Å². The topological polar surface area (TPSA) is 95.2 Å². The van der Waals surface area contributed by atoms with Crippen LogP contribution in [-0.2, 0) is 22.4 Å². The van der Waals surface area contributed by atoms with Gasteiger partial charge in [0.25, 0.3) is 0 Å². The summed E-state index contributed by atoms with van der Waals surface area (Å²) < 4.78 is 21.7. The Morgan fingerprint density at radius 3 is 2.79 bits per heavy atom. The SMILES string of the molecule is COC(=O)C[C@@H](c1ccccc1OCCc1ccc2c(c1)CCO2)c1c(O)cc(C)oc1=O. The van der Waals surface area contributed by atoms with Crippen molar-refractivity contribution in [1.82, 2.24) is 0 Å². The largest absolute Gasteiger partial charge is 0.507 e. The fourth-order valence-electron chi connectivity index (χ4n) is 4.12. The van der Waals surface area contributed by atoms with E-state index in [1.54, 1.807) is 25.1 Å². The second-order valence-corrected chi connectivity index (χ2v) is 7.95. The van der Waals surface area contributed by atoms with E-state index < -0.39 is 17.5 Å². The lowest BCUT2D eigenvalue weighted by Crippen LogP contribution is -2.19. The van der Waals surface area contributed by atoms with Crippen LogP contribution in [0.4, 0.5) is 0 Å². The molecule has 3 aromatic rings. The third-order valence-electron chi connectivity index (χ3n) is 5.73. The van der Waals surface area contributed by atoms with E-state index in [4.69, 9.17) is 18.6 Å². The van der Waals surface area contributed by atoms with Gasteiger partial charge in [-0.15, -0.1) is 0 Å². The molecule has 0 saturated heterocycles. The molecule has 7 heteroatoms. The molecular weight excluding hydrogens is 424 g/mol. The number of rotatable bonds is 8. The summed E-state index contributed by atoms with van der Waals surface area (Å²) in [4.78, 5) is 24.8. The average molecular weight is 450 g/mol. The maximum absolute atomic E-state index is 12.6. The number of carbonyl (C=O) groups excluding carboxylic acids is 1. The fourth-order valence-corrected chi connectivity index (χ4v) is 4.12. The van der Waals surface area contributed by atoms with Crippen molar-refractivity contribution in [3.63, 3.8) is 0 Å². The van der Waals surface area contributed by atoms with E-state index in [2.05, 4.69) is 6.07 Å². The molecule has 2 aromatic carbocycles. The van der Waals surface area contributed by atoms with Crippen molar-refractivity contribution in [3.05, 3.63) is 87.0 Å². The second-order valence-electron chi connectivity index (χ2n) is 7.95. The van der Waals surface area contributed by atoms with Gasteiger partial charge in [0.05, 0.1) is 32.3 Å². The highest BCUT2D eigenvalue weighted by molar-refractivity contribution is 5.72. The van der Waals surface area contributed by atoms with Crippen LogP contribution in [-0.4, -0.2) is 31.4 Å². The monoisotopic (exact) mass is 450 g/mol. The van der Waals surface area contributed by atoms with Crippen LogP contribution in [0.5, 0.6) is 17.2 Å². The third kappa shape index (κ3) is 5.03. The van der Waals surface area contributed by atoms with E-state index in [1.165, 1.54) is 18.7 Å². The van der Waals surface area contributed by atoms with Crippen molar-refractivity contribution in [2.75, 3.05) is 20.3 Å². The predicted molar refractivity (Wildman–Crippen MR) is 121 cm³/mol. The minimum atomic E-state index is -0.789. The first kappa shape index (κ1) is 22.5. The maximum Gasteiger partial charge on any atom is 0.343 e. The molecule has 1 aliphatic rings. The molecule has 0 amide bonds. The summed E-state index contributed by atoms with van der Waals surface area (Å²) in [5.41, 5.74) is 2.24. The summed E-state index contributed by atoms with van der Waals surface area (Å²) in [6.07, 6.45) is 1.44. The van der Waals surface area contributed by atoms with Gasteiger partial charge < -0.3 is 23.7 Å². The second kappa shape index (κ2) is 9.81. The van der Waals surface area contributed by atoms with Crippen LogP contribution in [0, 0.1) is 6.92 Å². The number of ether oxygens (including phenoxy) is 3. The number of hydrogen-bond donors (Lipinski definition) is 1. The number of methoxy groups -OCH3 is 1. The minimum absolute atomic E-state index is 0.000622. The number of para-hydroxylation sites is 1. The van der Waals surface area contributed by atoms with Gasteiger partial charge in [0.15, 0.2) is 0 Å². The number of benzene rings is 2. The zero-order valence-electron chi connectivity index (χ0n) is 18.6. The Morgan fingerprint density at radius 2 is 2.00 bits per heavy atom. The molecule has 172 valence electrons. The van der Waals surface area contributed by atoms with E-state index in [-0.39, 0.29) is 23.5 Å². The van der Waals surface area contributed by atoms with Gasteiger partial charge in [-0.05, 0) is 30.2 Å². The van der Waals surface area contributed by atoms with Crippen LogP contribution < -0.4 is 15.1 Å². The van der Waals surface area contributed by atoms with E-state index in [9.17, 15) is 14.7 Å². The van der Waals surface area contributed by atoms with Gasteiger partial charge >= 0.3 is 11.6 Å². The van der Waals surface area contributed by atoms with E-state index in [0.717, 1.165) is 17.7 Å². The maximum atomic E-state index is 12.6. The van der Waals surface area contributed by atoms with Crippen molar-refractivity contribution in [3.8, 4) is 17.2 Å². The Hall–Kier alpha value is -3.74. The number of fused-ring (bicyclic) bond motifs is 1. The molecule has 0 unspecified atom stereocenters. The normalized spacial score (nSPS) is 13.2. The minimum Gasteiger partial charge on any atom is -0.507 e. The van der Waals surface area contributed by atoms with Crippen LogP contribution in [0.3, 0.4) is 0 Å². The van der Waals surface area contributed by atoms with Gasteiger partial charge in [-0.2, -0.15) is 0 Å². The summed E-state index contributed by atoms with van der Waals surface area (Å²) in [6, 6.07) is 14.7. The molecule has 33 heavy (non-hydrogen) atoms. The fraction of sp³-hybridized carbons (Fsp3) is 0.308. The zero-order chi connectivity index (χ0) is 23.4. The highest BCUT2D eigenvalue weighted by Gasteiger charge is 2.28. The lowest BCUT2D eigenvalue weighted by atomic mass is 9.88. The van der Waals surface area contributed by atoms with Crippen LogP contribution in [0.15, 0.2) is 57.7 Å². The molecule has 7 nitrogen and oxygen atoms in total. The first-order valence-corrected chi connectivity index (χ1v) is 10.8. The van der Waals surface area contributed by atoms with Crippen LogP contribution >= 0.6 is 0 Å². The van der Waals surface area contributed by atoms with Crippen LogP contribution in [0.1, 0.15) is 40.4 Å².